The van der Waals surface area contributed by atoms with Gasteiger partial charge in [-0.1, -0.05) is 19.1 Å². The van der Waals surface area contributed by atoms with Gasteiger partial charge >= 0.3 is 0 Å². The van der Waals surface area contributed by atoms with Crippen LogP contribution in [0, 0.1) is 0 Å². The Morgan fingerprint density at radius 3 is 2.81 bits per heavy atom. The zero-order valence-corrected chi connectivity index (χ0v) is 13.0. The lowest BCUT2D eigenvalue weighted by atomic mass is 10.1. The molecule has 21 heavy (non-hydrogen) atoms. The molecule has 1 unspecified atom stereocenters. The van der Waals surface area contributed by atoms with E-state index in [4.69, 9.17) is 5.73 Å². The quantitative estimate of drug-likeness (QED) is 0.811. The first-order valence-electron chi connectivity index (χ1n) is 8.06. The van der Waals surface area contributed by atoms with Crippen molar-refractivity contribution >= 4 is 11.6 Å². The molecule has 1 aromatic rings. The molecule has 1 heterocycles. The summed E-state index contributed by atoms with van der Waals surface area (Å²) in [5, 5.41) is 2.95. The van der Waals surface area contributed by atoms with Gasteiger partial charge in [-0.05, 0) is 56.5 Å². The second-order valence-corrected chi connectivity index (χ2v) is 5.79. The summed E-state index contributed by atoms with van der Waals surface area (Å²) in [4.78, 5) is 14.5. The van der Waals surface area contributed by atoms with Gasteiger partial charge in [0.05, 0.1) is 0 Å². The molecule has 1 aliphatic rings. The van der Waals surface area contributed by atoms with E-state index in [1.54, 1.807) is 0 Å². The molecule has 0 aliphatic carbocycles. The third-order valence-corrected chi connectivity index (χ3v) is 4.29. The van der Waals surface area contributed by atoms with E-state index in [1.165, 1.54) is 25.8 Å². The van der Waals surface area contributed by atoms with Crippen LogP contribution < -0.4 is 11.1 Å². The predicted octanol–water partition coefficient (Wildman–Crippen LogP) is 2.74. The molecule has 0 bridgehead atoms. The van der Waals surface area contributed by atoms with Crippen molar-refractivity contribution < 1.29 is 4.79 Å². The number of likely N-dealkylation sites (tertiary alicyclic amines) is 1. The summed E-state index contributed by atoms with van der Waals surface area (Å²) < 4.78 is 0. The molecule has 1 atom stereocenters. The number of carbonyl (C=O) groups is 1. The number of hydrogen-bond acceptors (Lipinski definition) is 3. The maximum atomic E-state index is 11.9. The van der Waals surface area contributed by atoms with Gasteiger partial charge in [-0.15, -0.1) is 0 Å². The lowest BCUT2D eigenvalue weighted by Gasteiger charge is -2.22. The molecular formula is C17H27N3O. The van der Waals surface area contributed by atoms with Gasteiger partial charge in [0.15, 0.2) is 0 Å². The fourth-order valence-corrected chi connectivity index (χ4v) is 3.04. The summed E-state index contributed by atoms with van der Waals surface area (Å²) in [6.45, 7) is 5.02. The highest BCUT2D eigenvalue weighted by atomic mass is 16.1. The average molecular weight is 289 g/mol. The molecular weight excluding hydrogens is 262 g/mol. The molecule has 1 fully saturated rings. The van der Waals surface area contributed by atoms with Crippen LogP contribution in [0.15, 0.2) is 24.3 Å². The normalized spacial score (nSPS) is 18.9. The number of hydrogen-bond donors (Lipinski definition) is 2. The highest BCUT2D eigenvalue weighted by Gasteiger charge is 2.22. The van der Waals surface area contributed by atoms with E-state index >= 15 is 0 Å². The minimum absolute atomic E-state index is 0.0998. The van der Waals surface area contributed by atoms with E-state index in [1.807, 2.05) is 24.3 Å². The number of nitrogens with one attached hydrogen (secondary N) is 1. The highest BCUT2D eigenvalue weighted by molar-refractivity contribution is 5.90. The summed E-state index contributed by atoms with van der Waals surface area (Å²) in [6, 6.07) is 8.45. The van der Waals surface area contributed by atoms with Crippen LogP contribution in [0.3, 0.4) is 0 Å². The van der Waals surface area contributed by atoms with Gasteiger partial charge in [-0.2, -0.15) is 0 Å². The number of nitrogens with zero attached hydrogens (tertiary/aromatic N) is 1. The Bertz CT molecular complexity index is 444. The van der Waals surface area contributed by atoms with E-state index in [9.17, 15) is 4.79 Å². The van der Waals surface area contributed by atoms with E-state index in [2.05, 4.69) is 17.1 Å². The van der Waals surface area contributed by atoms with Gasteiger partial charge in [0.1, 0.15) is 0 Å². The van der Waals surface area contributed by atoms with Crippen LogP contribution in [-0.4, -0.2) is 29.9 Å². The van der Waals surface area contributed by atoms with Crippen LogP contribution in [0.5, 0.6) is 0 Å². The smallest absolute Gasteiger partial charge is 0.224 e. The molecule has 3 N–H and O–H groups in total. The third kappa shape index (κ3) is 4.83. The van der Waals surface area contributed by atoms with Gasteiger partial charge < -0.3 is 16.0 Å². The van der Waals surface area contributed by atoms with Crippen LogP contribution in [-0.2, 0) is 11.3 Å². The predicted molar refractivity (Wildman–Crippen MR) is 87.1 cm³/mol. The van der Waals surface area contributed by atoms with Crippen molar-refractivity contribution in [2.45, 2.75) is 51.6 Å². The maximum Gasteiger partial charge on any atom is 0.224 e. The van der Waals surface area contributed by atoms with E-state index in [0.717, 1.165) is 30.3 Å². The first kappa shape index (κ1) is 16.0. The Morgan fingerprint density at radius 2 is 2.14 bits per heavy atom. The van der Waals surface area contributed by atoms with Gasteiger partial charge in [-0.25, -0.2) is 0 Å². The molecule has 0 spiro atoms. The van der Waals surface area contributed by atoms with E-state index in [-0.39, 0.29) is 5.91 Å². The number of rotatable bonds is 7. The van der Waals surface area contributed by atoms with Crippen molar-refractivity contribution in [3.63, 3.8) is 0 Å². The van der Waals surface area contributed by atoms with Crippen molar-refractivity contribution in [1.82, 2.24) is 4.90 Å². The molecule has 0 aromatic heterocycles. The van der Waals surface area contributed by atoms with Crippen LogP contribution in [0.1, 0.15) is 44.6 Å². The van der Waals surface area contributed by atoms with Crippen molar-refractivity contribution in [3.05, 3.63) is 29.8 Å². The zero-order chi connectivity index (χ0) is 15.1. The minimum atomic E-state index is 0.0998. The van der Waals surface area contributed by atoms with Crippen LogP contribution in [0.25, 0.3) is 0 Å². The first-order valence-corrected chi connectivity index (χ1v) is 8.06. The van der Waals surface area contributed by atoms with Crippen LogP contribution in [0.4, 0.5) is 5.69 Å². The Balaban J connectivity index is 1.69. The highest BCUT2D eigenvalue weighted by Crippen LogP contribution is 2.20. The first-order chi connectivity index (χ1) is 10.2. The van der Waals surface area contributed by atoms with Crippen molar-refractivity contribution in [2.24, 2.45) is 5.73 Å². The van der Waals surface area contributed by atoms with Crippen molar-refractivity contribution in [2.75, 3.05) is 18.4 Å². The largest absolute Gasteiger partial charge is 0.326 e. The summed E-state index contributed by atoms with van der Waals surface area (Å²) in [5.41, 5.74) is 7.49. The van der Waals surface area contributed by atoms with E-state index in [0.29, 0.717) is 13.0 Å². The Morgan fingerprint density at radius 1 is 1.38 bits per heavy atom. The number of carbonyl (C=O) groups excluding carboxylic acids is 1. The molecule has 2 rings (SSSR count). The zero-order valence-electron chi connectivity index (χ0n) is 13.0. The molecule has 4 heteroatoms. The second-order valence-electron chi connectivity index (χ2n) is 5.79. The summed E-state index contributed by atoms with van der Waals surface area (Å²) in [7, 11) is 0. The topological polar surface area (TPSA) is 58.4 Å². The standard InChI is InChI=1S/C17H27N3O/c1-2-16-5-3-11-20(16)12-4-6-17(21)19-15-9-7-14(13-18)8-10-15/h7-10,16H,2-6,11-13,18H2,1H3,(H,19,21). The Kier molecular flexibility index (Phi) is 6.21. The number of amides is 1. The summed E-state index contributed by atoms with van der Waals surface area (Å²) >= 11 is 0. The average Bonchev–Trinajstić information content (AvgIpc) is 2.95. The second kappa shape index (κ2) is 8.15. The molecule has 1 amide bonds. The lowest BCUT2D eigenvalue weighted by molar-refractivity contribution is -0.116. The molecule has 0 saturated carbocycles. The SMILES string of the molecule is CCC1CCCN1CCCC(=O)Nc1ccc(CN)cc1. The number of benzene rings is 1. The van der Waals surface area contributed by atoms with Crippen LogP contribution >= 0.6 is 0 Å². The molecule has 1 aliphatic heterocycles. The van der Waals surface area contributed by atoms with Gasteiger partial charge in [0.25, 0.3) is 0 Å². The fraction of sp³-hybridized carbons (Fsp3) is 0.588. The van der Waals surface area contributed by atoms with Crippen LogP contribution in [0.2, 0.25) is 0 Å². The monoisotopic (exact) mass is 289 g/mol. The molecule has 1 saturated heterocycles. The van der Waals surface area contributed by atoms with Crippen molar-refractivity contribution in [1.29, 1.82) is 0 Å². The maximum absolute atomic E-state index is 11.9. The van der Waals surface area contributed by atoms with Gasteiger partial charge in [-0.3, -0.25) is 4.79 Å². The molecule has 4 nitrogen and oxygen atoms in total. The Labute approximate surface area is 127 Å². The van der Waals surface area contributed by atoms with Crippen molar-refractivity contribution in [3.8, 4) is 0 Å². The fourth-order valence-electron chi connectivity index (χ4n) is 3.04. The van der Waals surface area contributed by atoms with Gasteiger partial charge in [0.2, 0.25) is 5.91 Å². The molecule has 116 valence electrons. The molecule has 0 radical (unpaired) electrons. The Hall–Kier alpha value is -1.39. The van der Waals surface area contributed by atoms with E-state index < -0.39 is 0 Å². The number of nitrogens with two attached hydrogens (primary N) is 1. The third-order valence-electron chi connectivity index (χ3n) is 4.29. The lowest BCUT2D eigenvalue weighted by Crippen LogP contribution is -2.30. The summed E-state index contributed by atoms with van der Waals surface area (Å²) in [6.07, 6.45) is 5.36. The summed E-state index contributed by atoms with van der Waals surface area (Å²) in [5.74, 6) is 0.0998. The van der Waals surface area contributed by atoms with Gasteiger partial charge in [0, 0.05) is 24.7 Å². The minimum Gasteiger partial charge on any atom is -0.326 e. The number of anilines is 1. The molecule has 1 aromatic carbocycles.